The van der Waals surface area contributed by atoms with Crippen LogP contribution in [0, 0.1) is 6.92 Å². The summed E-state index contributed by atoms with van der Waals surface area (Å²) in [6, 6.07) is 12.9. The van der Waals surface area contributed by atoms with Gasteiger partial charge in [-0.15, -0.1) is 0 Å². The lowest BCUT2D eigenvalue weighted by atomic mass is 10.1. The molecule has 0 aliphatic rings. The summed E-state index contributed by atoms with van der Waals surface area (Å²) in [5.41, 5.74) is 1.97. The van der Waals surface area contributed by atoms with Crippen molar-refractivity contribution in [3.63, 3.8) is 0 Å². The fourth-order valence-corrected chi connectivity index (χ4v) is 2.51. The second-order valence-corrected chi connectivity index (χ2v) is 6.55. The average molecular weight is 425 g/mol. The van der Waals surface area contributed by atoms with Crippen LogP contribution in [0.15, 0.2) is 60.3 Å². The average Bonchev–Trinajstić information content (AvgIpc) is 2.78. The molecule has 1 atom stereocenters. The van der Waals surface area contributed by atoms with Gasteiger partial charge in [-0.2, -0.15) is 0 Å². The third kappa shape index (κ3) is 6.53. The molecule has 0 amide bonds. The summed E-state index contributed by atoms with van der Waals surface area (Å²) in [5.74, 6) is -2.47. The van der Waals surface area contributed by atoms with Crippen LogP contribution >= 0.6 is 0 Å². The second kappa shape index (κ2) is 10.7. The maximum absolute atomic E-state index is 12.4. The number of carbonyl (C=O) groups is 4. The van der Waals surface area contributed by atoms with Crippen LogP contribution in [0.3, 0.4) is 0 Å². The van der Waals surface area contributed by atoms with Crippen molar-refractivity contribution in [3.05, 3.63) is 77.0 Å². The maximum Gasteiger partial charge on any atom is 0.354 e. The van der Waals surface area contributed by atoms with Gasteiger partial charge in [0.15, 0.2) is 6.10 Å². The third-order valence-corrected chi connectivity index (χ3v) is 4.26. The van der Waals surface area contributed by atoms with Crippen molar-refractivity contribution < 1.29 is 33.4 Å². The summed E-state index contributed by atoms with van der Waals surface area (Å²) >= 11 is 0. The third-order valence-electron chi connectivity index (χ3n) is 4.26. The van der Waals surface area contributed by atoms with Crippen molar-refractivity contribution in [1.29, 1.82) is 0 Å². The number of ether oxygens (including phenoxy) is 3. The van der Waals surface area contributed by atoms with Crippen molar-refractivity contribution in [1.82, 2.24) is 0 Å². The zero-order valence-corrected chi connectivity index (χ0v) is 17.6. The van der Waals surface area contributed by atoms with Crippen LogP contribution in [0.4, 0.5) is 5.69 Å². The molecule has 31 heavy (non-hydrogen) atoms. The number of methoxy groups -OCH3 is 2. The van der Waals surface area contributed by atoms with E-state index in [0.717, 1.165) is 11.6 Å². The Bertz CT molecular complexity index is 992. The number of hydrogen-bond donors (Lipinski definition) is 1. The van der Waals surface area contributed by atoms with Crippen LogP contribution in [0.5, 0.6) is 0 Å². The van der Waals surface area contributed by atoms with E-state index in [1.54, 1.807) is 12.1 Å². The Morgan fingerprint density at radius 2 is 1.45 bits per heavy atom. The maximum atomic E-state index is 12.4. The van der Waals surface area contributed by atoms with Gasteiger partial charge >= 0.3 is 17.9 Å². The Labute approximate surface area is 179 Å². The number of carbonyl (C=O) groups excluding carboxylic acids is 4. The quantitative estimate of drug-likeness (QED) is 0.298. The highest BCUT2D eigenvalue weighted by Crippen LogP contribution is 2.15. The highest BCUT2D eigenvalue weighted by atomic mass is 16.5. The van der Waals surface area contributed by atoms with Crippen molar-refractivity contribution in [2.45, 2.75) is 20.0 Å². The van der Waals surface area contributed by atoms with Crippen molar-refractivity contribution in [2.75, 3.05) is 19.5 Å². The van der Waals surface area contributed by atoms with E-state index in [4.69, 9.17) is 4.74 Å². The van der Waals surface area contributed by atoms with Gasteiger partial charge in [0.25, 0.3) is 0 Å². The lowest BCUT2D eigenvalue weighted by Crippen LogP contribution is -2.24. The summed E-state index contributed by atoms with van der Waals surface area (Å²) in [7, 11) is 2.35. The number of ketones is 1. The van der Waals surface area contributed by atoms with Crippen molar-refractivity contribution in [2.24, 2.45) is 0 Å². The molecule has 0 aromatic heterocycles. The Kier molecular flexibility index (Phi) is 8.08. The van der Waals surface area contributed by atoms with Gasteiger partial charge in [-0.25, -0.2) is 14.4 Å². The molecule has 2 aromatic rings. The first-order valence-electron chi connectivity index (χ1n) is 9.32. The van der Waals surface area contributed by atoms with Gasteiger partial charge in [-0.1, -0.05) is 29.8 Å². The monoisotopic (exact) mass is 425 g/mol. The molecule has 0 saturated heterocycles. The fourth-order valence-electron chi connectivity index (χ4n) is 2.51. The number of nitrogens with one attached hydrogen (secondary N) is 1. The van der Waals surface area contributed by atoms with Gasteiger partial charge in [0.1, 0.15) is 5.70 Å². The van der Waals surface area contributed by atoms with Gasteiger partial charge in [0.05, 0.1) is 25.9 Å². The van der Waals surface area contributed by atoms with E-state index < -0.39 is 24.0 Å². The summed E-state index contributed by atoms with van der Waals surface area (Å²) in [6.07, 6.45) is -0.00578. The lowest BCUT2D eigenvalue weighted by Gasteiger charge is -2.13. The molecule has 0 saturated carbocycles. The fraction of sp³-hybridized carbons (Fsp3) is 0.217. The Morgan fingerprint density at radius 1 is 0.871 bits per heavy atom. The molecule has 0 aliphatic heterocycles. The van der Waals surface area contributed by atoms with Gasteiger partial charge < -0.3 is 19.5 Å². The highest BCUT2D eigenvalue weighted by Gasteiger charge is 2.20. The minimum atomic E-state index is -0.957. The molecule has 1 N–H and O–H groups in total. The van der Waals surface area contributed by atoms with Crippen LogP contribution in [0.25, 0.3) is 0 Å². The van der Waals surface area contributed by atoms with E-state index in [9.17, 15) is 19.2 Å². The first-order valence-corrected chi connectivity index (χ1v) is 9.32. The van der Waals surface area contributed by atoms with E-state index in [1.807, 2.05) is 19.1 Å². The van der Waals surface area contributed by atoms with E-state index in [-0.39, 0.29) is 17.0 Å². The SMILES string of the molecule is COC(=O)/C=C(/Nc1ccc(C(=O)OC(C)C(=O)c2ccc(C)cc2)cc1)C(=O)OC. The predicted molar refractivity (Wildman–Crippen MR) is 113 cm³/mol. The van der Waals surface area contributed by atoms with Crippen LogP contribution in [-0.2, 0) is 23.8 Å². The zero-order chi connectivity index (χ0) is 23.0. The standard InChI is InChI=1S/C23H23NO7/c1-14-5-7-16(8-6-14)21(26)15(2)31-22(27)17-9-11-18(12-10-17)24-19(23(28)30-4)13-20(25)29-3/h5-13,15,24H,1-4H3/b19-13+. The number of benzene rings is 2. The highest BCUT2D eigenvalue weighted by molar-refractivity contribution is 6.01. The van der Waals surface area contributed by atoms with Crippen LogP contribution in [0.1, 0.15) is 33.2 Å². The molecule has 0 spiro atoms. The van der Waals surface area contributed by atoms with Gasteiger partial charge in [0.2, 0.25) is 5.78 Å². The predicted octanol–water partition coefficient (Wildman–Crippen LogP) is 3.07. The molecular formula is C23H23NO7. The molecule has 1 unspecified atom stereocenters. The normalized spacial score (nSPS) is 11.8. The summed E-state index contributed by atoms with van der Waals surface area (Å²) in [6.45, 7) is 3.42. The summed E-state index contributed by atoms with van der Waals surface area (Å²) in [4.78, 5) is 48.0. The molecule has 0 radical (unpaired) electrons. The molecule has 0 heterocycles. The minimum absolute atomic E-state index is 0.137. The smallest absolute Gasteiger partial charge is 0.354 e. The number of Topliss-reactive ketones (excluding diaryl/α,β-unsaturated/α-hetero) is 1. The van der Waals surface area contributed by atoms with Crippen LogP contribution in [0.2, 0.25) is 0 Å². The molecule has 0 bridgehead atoms. The van der Waals surface area contributed by atoms with E-state index >= 15 is 0 Å². The molecule has 162 valence electrons. The van der Waals surface area contributed by atoms with Gasteiger partial charge in [-0.05, 0) is 38.1 Å². The Hall–Kier alpha value is -3.94. The lowest BCUT2D eigenvalue weighted by molar-refractivity contribution is -0.138. The topological polar surface area (TPSA) is 108 Å². The first kappa shape index (κ1) is 23.3. The van der Waals surface area contributed by atoms with Crippen LogP contribution in [-0.4, -0.2) is 44.0 Å². The second-order valence-electron chi connectivity index (χ2n) is 6.55. The largest absolute Gasteiger partial charge is 0.466 e. The summed E-state index contributed by atoms with van der Waals surface area (Å²) < 4.78 is 14.4. The molecule has 2 aromatic carbocycles. The van der Waals surface area contributed by atoms with E-state index in [1.165, 1.54) is 45.4 Å². The zero-order valence-electron chi connectivity index (χ0n) is 17.6. The van der Waals surface area contributed by atoms with Crippen molar-refractivity contribution >= 4 is 29.4 Å². The molecule has 8 heteroatoms. The van der Waals surface area contributed by atoms with E-state index in [2.05, 4.69) is 14.8 Å². The number of aryl methyl sites for hydroxylation is 1. The molecule has 8 nitrogen and oxygen atoms in total. The van der Waals surface area contributed by atoms with Gasteiger partial charge in [0, 0.05) is 11.3 Å². The number of rotatable bonds is 8. The summed E-state index contributed by atoms with van der Waals surface area (Å²) in [5, 5.41) is 2.73. The van der Waals surface area contributed by atoms with E-state index in [0.29, 0.717) is 11.3 Å². The van der Waals surface area contributed by atoms with Gasteiger partial charge in [-0.3, -0.25) is 4.79 Å². The van der Waals surface area contributed by atoms with Crippen molar-refractivity contribution in [3.8, 4) is 0 Å². The van der Waals surface area contributed by atoms with Crippen LogP contribution < -0.4 is 5.32 Å². The number of esters is 3. The Balaban J connectivity index is 2.06. The molecule has 2 rings (SSSR count). The first-order chi connectivity index (χ1) is 14.7. The minimum Gasteiger partial charge on any atom is -0.466 e. The number of anilines is 1. The molecule has 0 fully saturated rings. The molecular weight excluding hydrogens is 402 g/mol. The molecule has 0 aliphatic carbocycles. The number of hydrogen-bond acceptors (Lipinski definition) is 8. The Morgan fingerprint density at radius 3 is 2.00 bits per heavy atom.